The van der Waals surface area contributed by atoms with Crippen LogP contribution in [-0.2, 0) is 4.74 Å². The van der Waals surface area contributed by atoms with Crippen LogP contribution in [0.4, 0.5) is 5.82 Å². The molecule has 1 unspecified atom stereocenters. The molecule has 5 heteroatoms. The van der Waals surface area contributed by atoms with Gasteiger partial charge in [-0.3, -0.25) is 4.98 Å². The molecule has 0 saturated heterocycles. The lowest BCUT2D eigenvalue weighted by atomic mass is 10.2. The summed E-state index contributed by atoms with van der Waals surface area (Å²) in [6.45, 7) is 3.79. The number of carbonyl (C=O) groups excluding carboxylic acids is 1. The number of aromatic nitrogens is 2. The maximum atomic E-state index is 11.5. The largest absolute Gasteiger partial charge is 0.465 e. The molecule has 0 amide bonds. The Morgan fingerprint density at radius 2 is 2.10 bits per heavy atom. The van der Waals surface area contributed by atoms with Gasteiger partial charge in [-0.1, -0.05) is 6.07 Å². The van der Waals surface area contributed by atoms with Crippen LogP contribution < -0.4 is 5.32 Å². The number of aryl methyl sites for hydroxylation is 1. The molecule has 0 aliphatic carbocycles. The topological polar surface area (TPSA) is 64.1 Å². The van der Waals surface area contributed by atoms with Crippen molar-refractivity contribution >= 4 is 11.8 Å². The number of methoxy groups -OCH3 is 1. The summed E-state index contributed by atoms with van der Waals surface area (Å²) in [4.78, 5) is 20.2. The maximum absolute atomic E-state index is 11.5. The highest BCUT2D eigenvalue weighted by Gasteiger charge is 2.12. The van der Waals surface area contributed by atoms with Crippen LogP contribution in [0.1, 0.15) is 34.7 Å². The fraction of sp³-hybridized carbons (Fsp3) is 0.267. The maximum Gasteiger partial charge on any atom is 0.339 e. The highest BCUT2D eigenvalue weighted by Crippen LogP contribution is 2.17. The summed E-state index contributed by atoms with van der Waals surface area (Å²) in [5.41, 5.74) is 2.04. The summed E-state index contributed by atoms with van der Waals surface area (Å²) in [5.74, 6) is 0.327. The number of nitrogens with zero attached hydrogens (tertiary/aromatic N) is 2. The summed E-state index contributed by atoms with van der Waals surface area (Å²) in [7, 11) is 1.36. The van der Waals surface area contributed by atoms with Crippen molar-refractivity contribution in [2.75, 3.05) is 12.4 Å². The molecule has 0 aliphatic rings. The second kappa shape index (κ2) is 6.14. The highest BCUT2D eigenvalue weighted by molar-refractivity contribution is 5.90. The second-order valence-corrected chi connectivity index (χ2v) is 4.44. The van der Waals surface area contributed by atoms with Gasteiger partial charge in [0.2, 0.25) is 0 Å². The first-order chi connectivity index (χ1) is 9.61. The number of rotatable bonds is 4. The molecular formula is C15H17N3O2. The van der Waals surface area contributed by atoms with Crippen molar-refractivity contribution in [1.82, 2.24) is 9.97 Å². The smallest absolute Gasteiger partial charge is 0.339 e. The van der Waals surface area contributed by atoms with Gasteiger partial charge in [0.05, 0.1) is 30.1 Å². The summed E-state index contributed by atoms with van der Waals surface area (Å²) in [6, 6.07) is 9.28. The summed E-state index contributed by atoms with van der Waals surface area (Å²) < 4.78 is 4.70. The molecule has 0 aliphatic heterocycles. The molecule has 20 heavy (non-hydrogen) atoms. The Balaban J connectivity index is 2.15. The SMILES string of the molecule is COC(=O)c1ccc(NC(C)c2ccccn2)nc1C. The number of carbonyl (C=O) groups is 1. The Morgan fingerprint density at radius 1 is 1.30 bits per heavy atom. The molecule has 1 atom stereocenters. The Morgan fingerprint density at radius 3 is 2.70 bits per heavy atom. The molecule has 2 heterocycles. The number of ether oxygens (including phenoxy) is 1. The minimum Gasteiger partial charge on any atom is -0.465 e. The number of hydrogen-bond acceptors (Lipinski definition) is 5. The van der Waals surface area contributed by atoms with Crippen LogP contribution in [0.5, 0.6) is 0 Å². The monoisotopic (exact) mass is 271 g/mol. The average Bonchev–Trinajstić information content (AvgIpc) is 2.47. The van der Waals surface area contributed by atoms with Crippen LogP contribution in [0.3, 0.4) is 0 Å². The van der Waals surface area contributed by atoms with E-state index in [0.717, 1.165) is 5.69 Å². The molecule has 2 aromatic rings. The standard InChI is InChI=1S/C15H17N3O2/c1-10-12(15(19)20-3)7-8-14(17-10)18-11(2)13-6-4-5-9-16-13/h4-9,11H,1-3H3,(H,17,18). The van der Waals surface area contributed by atoms with Crippen LogP contribution >= 0.6 is 0 Å². The molecule has 0 fully saturated rings. The van der Waals surface area contributed by atoms with Gasteiger partial charge in [-0.25, -0.2) is 9.78 Å². The minimum absolute atomic E-state index is 0.0343. The van der Waals surface area contributed by atoms with Gasteiger partial charge >= 0.3 is 5.97 Å². The molecule has 5 nitrogen and oxygen atoms in total. The number of anilines is 1. The predicted molar refractivity (Wildman–Crippen MR) is 76.6 cm³/mol. The first-order valence-electron chi connectivity index (χ1n) is 6.35. The van der Waals surface area contributed by atoms with Gasteiger partial charge in [0.25, 0.3) is 0 Å². The molecule has 104 valence electrons. The van der Waals surface area contributed by atoms with Crippen molar-refractivity contribution in [1.29, 1.82) is 0 Å². The van der Waals surface area contributed by atoms with E-state index in [9.17, 15) is 4.79 Å². The van der Waals surface area contributed by atoms with Gasteiger partial charge in [-0.05, 0) is 38.1 Å². The number of pyridine rings is 2. The van der Waals surface area contributed by atoms with Gasteiger partial charge in [-0.15, -0.1) is 0 Å². The summed E-state index contributed by atoms with van der Waals surface area (Å²) in [6.07, 6.45) is 1.76. The zero-order chi connectivity index (χ0) is 14.5. The molecule has 2 aromatic heterocycles. The van der Waals surface area contributed by atoms with E-state index < -0.39 is 0 Å². The van der Waals surface area contributed by atoms with Crippen LogP contribution in [0.2, 0.25) is 0 Å². The lowest BCUT2D eigenvalue weighted by molar-refractivity contribution is 0.0599. The quantitative estimate of drug-likeness (QED) is 0.866. The Bertz CT molecular complexity index is 599. The first kappa shape index (κ1) is 14.0. The molecule has 1 N–H and O–H groups in total. The van der Waals surface area contributed by atoms with Crippen molar-refractivity contribution < 1.29 is 9.53 Å². The van der Waals surface area contributed by atoms with Gasteiger partial charge in [-0.2, -0.15) is 0 Å². The lowest BCUT2D eigenvalue weighted by Gasteiger charge is -2.14. The van der Waals surface area contributed by atoms with E-state index in [1.165, 1.54) is 7.11 Å². The van der Waals surface area contributed by atoms with Crippen LogP contribution in [0.25, 0.3) is 0 Å². The third-order valence-corrected chi connectivity index (χ3v) is 2.99. The van der Waals surface area contributed by atoms with E-state index in [0.29, 0.717) is 17.1 Å². The van der Waals surface area contributed by atoms with E-state index in [2.05, 4.69) is 15.3 Å². The zero-order valence-electron chi connectivity index (χ0n) is 11.8. The minimum atomic E-state index is -0.376. The fourth-order valence-electron chi connectivity index (χ4n) is 1.90. The summed E-state index contributed by atoms with van der Waals surface area (Å²) in [5, 5.41) is 3.26. The molecule has 0 bridgehead atoms. The normalized spacial score (nSPS) is 11.8. The number of hydrogen-bond donors (Lipinski definition) is 1. The Kier molecular flexibility index (Phi) is 4.30. The Labute approximate surface area is 118 Å². The van der Waals surface area contributed by atoms with Crippen molar-refractivity contribution in [3.05, 3.63) is 53.5 Å². The molecule has 0 spiro atoms. The summed E-state index contributed by atoms with van der Waals surface area (Å²) >= 11 is 0. The average molecular weight is 271 g/mol. The molecule has 0 radical (unpaired) electrons. The van der Waals surface area contributed by atoms with Crippen molar-refractivity contribution in [3.63, 3.8) is 0 Å². The highest BCUT2D eigenvalue weighted by atomic mass is 16.5. The molecular weight excluding hydrogens is 254 g/mol. The molecule has 0 aromatic carbocycles. The zero-order valence-corrected chi connectivity index (χ0v) is 11.8. The lowest BCUT2D eigenvalue weighted by Crippen LogP contribution is -2.11. The predicted octanol–water partition coefficient (Wildman–Crippen LogP) is 2.74. The van der Waals surface area contributed by atoms with Crippen LogP contribution in [-0.4, -0.2) is 23.0 Å². The van der Waals surface area contributed by atoms with E-state index in [4.69, 9.17) is 4.74 Å². The van der Waals surface area contributed by atoms with E-state index in [1.807, 2.05) is 25.1 Å². The Hall–Kier alpha value is -2.43. The fourth-order valence-corrected chi connectivity index (χ4v) is 1.90. The third kappa shape index (κ3) is 3.12. The van der Waals surface area contributed by atoms with Gasteiger partial charge in [0.1, 0.15) is 5.82 Å². The van der Waals surface area contributed by atoms with E-state index in [-0.39, 0.29) is 12.0 Å². The molecule has 2 rings (SSSR count). The number of nitrogens with one attached hydrogen (secondary N) is 1. The first-order valence-corrected chi connectivity index (χ1v) is 6.35. The van der Waals surface area contributed by atoms with Crippen molar-refractivity contribution in [2.24, 2.45) is 0 Å². The van der Waals surface area contributed by atoms with Gasteiger partial charge < -0.3 is 10.1 Å². The van der Waals surface area contributed by atoms with Crippen LogP contribution in [0.15, 0.2) is 36.5 Å². The third-order valence-electron chi connectivity index (χ3n) is 2.99. The van der Waals surface area contributed by atoms with E-state index in [1.54, 1.807) is 25.3 Å². The van der Waals surface area contributed by atoms with Crippen molar-refractivity contribution in [2.45, 2.75) is 19.9 Å². The number of esters is 1. The van der Waals surface area contributed by atoms with Gasteiger partial charge in [0.15, 0.2) is 0 Å². The van der Waals surface area contributed by atoms with Crippen molar-refractivity contribution in [3.8, 4) is 0 Å². The second-order valence-electron chi connectivity index (χ2n) is 4.44. The van der Waals surface area contributed by atoms with E-state index >= 15 is 0 Å². The van der Waals surface area contributed by atoms with Crippen LogP contribution in [0, 0.1) is 6.92 Å². The van der Waals surface area contributed by atoms with Gasteiger partial charge in [0, 0.05) is 6.20 Å². The molecule has 0 saturated carbocycles.